The summed E-state index contributed by atoms with van der Waals surface area (Å²) >= 11 is 0. The van der Waals surface area contributed by atoms with Crippen molar-refractivity contribution in [2.24, 2.45) is 11.0 Å². The normalized spacial score (nSPS) is 17.5. The smallest absolute Gasteiger partial charge is 0.119 e. The molecule has 0 aliphatic heterocycles. The molecular formula is C15H21N3O. The number of ether oxygens (including phenoxy) is 1. The second-order valence-corrected chi connectivity index (χ2v) is 5.26. The lowest BCUT2D eigenvalue weighted by Crippen LogP contribution is -2.15. The molecule has 0 aromatic heterocycles. The molecule has 0 amide bonds. The van der Waals surface area contributed by atoms with Crippen molar-refractivity contribution in [2.45, 2.75) is 45.1 Å². The fourth-order valence-corrected chi connectivity index (χ4v) is 2.55. The number of hydrogen-bond donors (Lipinski definition) is 0. The topological polar surface area (TPSA) is 58.0 Å². The number of azide groups is 1. The molecule has 0 heterocycles. The van der Waals surface area contributed by atoms with Gasteiger partial charge in [-0.1, -0.05) is 43.4 Å². The van der Waals surface area contributed by atoms with E-state index in [1.807, 2.05) is 31.2 Å². The Kier molecular flexibility index (Phi) is 5.10. The maximum Gasteiger partial charge on any atom is 0.119 e. The van der Waals surface area contributed by atoms with Crippen LogP contribution in [-0.2, 0) is 0 Å². The third-order valence-electron chi connectivity index (χ3n) is 3.80. The van der Waals surface area contributed by atoms with Crippen LogP contribution in [-0.4, -0.2) is 6.61 Å². The van der Waals surface area contributed by atoms with Crippen molar-refractivity contribution in [3.63, 3.8) is 0 Å². The maximum absolute atomic E-state index is 8.41. The molecule has 1 aliphatic carbocycles. The Hall–Kier alpha value is -1.67. The van der Waals surface area contributed by atoms with Crippen LogP contribution in [0, 0.1) is 5.92 Å². The van der Waals surface area contributed by atoms with Crippen LogP contribution >= 0.6 is 0 Å². The van der Waals surface area contributed by atoms with Gasteiger partial charge in [0, 0.05) is 4.91 Å². The largest absolute Gasteiger partial charge is 0.493 e. The van der Waals surface area contributed by atoms with Gasteiger partial charge >= 0.3 is 0 Å². The Morgan fingerprint density at radius 1 is 1.26 bits per heavy atom. The lowest BCUT2D eigenvalue weighted by atomic mass is 9.90. The van der Waals surface area contributed by atoms with Crippen molar-refractivity contribution in [3.8, 4) is 5.75 Å². The zero-order chi connectivity index (χ0) is 13.5. The first-order valence-electron chi connectivity index (χ1n) is 7.06. The summed E-state index contributed by atoms with van der Waals surface area (Å²) in [7, 11) is 0. The van der Waals surface area contributed by atoms with Crippen LogP contribution in [0.15, 0.2) is 29.4 Å². The second-order valence-electron chi connectivity index (χ2n) is 5.26. The third kappa shape index (κ3) is 4.18. The third-order valence-corrected chi connectivity index (χ3v) is 3.80. The van der Waals surface area contributed by atoms with Crippen LogP contribution in [0.3, 0.4) is 0 Å². The molecule has 4 heteroatoms. The summed E-state index contributed by atoms with van der Waals surface area (Å²) in [5.74, 6) is 1.62. The summed E-state index contributed by atoms with van der Waals surface area (Å²) in [6, 6.07) is 7.73. The van der Waals surface area contributed by atoms with E-state index in [2.05, 4.69) is 10.0 Å². The first-order valence-corrected chi connectivity index (χ1v) is 7.06. The van der Waals surface area contributed by atoms with E-state index >= 15 is 0 Å². The van der Waals surface area contributed by atoms with E-state index in [1.165, 1.54) is 32.1 Å². The molecular weight excluding hydrogens is 238 g/mol. The Labute approximate surface area is 114 Å². The van der Waals surface area contributed by atoms with Crippen molar-refractivity contribution in [2.75, 3.05) is 6.61 Å². The van der Waals surface area contributed by atoms with Crippen molar-refractivity contribution in [3.05, 3.63) is 40.3 Å². The molecule has 1 fully saturated rings. The highest BCUT2D eigenvalue weighted by atomic mass is 16.5. The molecule has 2 rings (SSSR count). The average Bonchev–Trinajstić information content (AvgIpc) is 2.47. The van der Waals surface area contributed by atoms with Crippen molar-refractivity contribution >= 4 is 0 Å². The molecule has 1 aromatic rings. The lowest BCUT2D eigenvalue weighted by molar-refractivity contribution is 0.209. The first kappa shape index (κ1) is 13.8. The average molecular weight is 259 g/mol. The molecule has 4 nitrogen and oxygen atoms in total. The molecule has 0 bridgehead atoms. The minimum Gasteiger partial charge on any atom is -0.493 e. The predicted octanol–water partition coefficient (Wildman–Crippen LogP) is 5.02. The van der Waals surface area contributed by atoms with Gasteiger partial charge in [0.15, 0.2) is 0 Å². The van der Waals surface area contributed by atoms with Crippen LogP contribution < -0.4 is 4.74 Å². The van der Waals surface area contributed by atoms with Crippen molar-refractivity contribution in [1.29, 1.82) is 0 Å². The van der Waals surface area contributed by atoms with E-state index in [1.54, 1.807) is 0 Å². The number of rotatable bonds is 5. The van der Waals surface area contributed by atoms with Gasteiger partial charge in [-0.2, -0.15) is 0 Å². The number of nitrogens with zero attached hydrogens (tertiary/aromatic N) is 3. The van der Waals surface area contributed by atoms with Crippen molar-refractivity contribution < 1.29 is 4.74 Å². The molecule has 0 radical (unpaired) electrons. The quantitative estimate of drug-likeness (QED) is 0.416. The van der Waals surface area contributed by atoms with Gasteiger partial charge < -0.3 is 4.74 Å². The molecule has 1 atom stereocenters. The molecule has 0 spiro atoms. The van der Waals surface area contributed by atoms with E-state index in [9.17, 15) is 0 Å². The standard InChI is InChI=1S/C15H21N3O/c1-12(17-18-16)14-7-9-15(10-8-14)19-11-13-5-3-2-4-6-13/h7-10,12-13H,2-6,11H2,1H3/t12-/m0/s1. The number of benzene rings is 1. The highest BCUT2D eigenvalue weighted by Crippen LogP contribution is 2.25. The van der Waals surface area contributed by atoms with E-state index in [-0.39, 0.29) is 6.04 Å². The zero-order valence-electron chi connectivity index (χ0n) is 11.5. The number of hydrogen-bond acceptors (Lipinski definition) is 2. The Morgan fingerprint density at radius 3 is 2.58 bits per heavy atom. The summed E-state index contributed by atoms with van der Waals surface area (Å²) in [6.45, 7) is 2.71. The van der Waals surface area contributed by atoms with Crippen LogP contribution in [0.1, 0.15) is 50.6 Å². The van der Waals surface area contributed by atoms with E-state index < -0.39 is 0 Å². The highest BCUT2D eigenvalue weighted by molar-refractivity contribution is 5.29. The van der Waals surface area contributed by atoms with Gasteiger partial charge in [0.25, 0.3) is 0 Å². The van der Waals surface area contributed by atoms with Crippen molar-refractivity contribution in [1.82, 2.24) is 0 Å². The molecule has 102 valence electrons. The van der Waals surface area contributed by atoms with Gasteiger partial charge in [-0.05, 0) is 42.0 Å². The summed E-state index contributed by atoms with van der Waals surface area (Å²) < 4.78 is 5.84. The van der Waals surface area contributed by atoms with E-state index in [0.29, 0.717) is 0 Å². The highest BCUT2D eigenvalue weighted by Gasteiger charge is 2.13. The zero-order valence-corrected chi connectivity index (χ0v) is 11.5. The van der Waals surface area contributed by atoms with Crippen LogP contribution in [0.25, 0.3) is 10.4 Å². The SMILES string of the molecule is C[C@H](N=[N+]=[N-])c1ccc(OCC2CCCCC2)cc1. The molecule has 0 N–H and O–H groups in total. The maximum atomic E-state index is 8.41. The summed E-state index contributed by atoms with van der Waals surface area (Å²) in [5.41, 5.74) is 9.43. The van der Waals surface area contributed by atoms with Gasteiger partial charge in [-0.25, -0.2) is 0 Å². The molecule has 19 heavy (non-hydrogen) atoms. The van der Waals surface area contributed by atoms with Gasteiger partial charge in [-0.15, -0.1) is 0 Å². The van der Waals surface area contributed by atoms with Crippen LogP contribution in [0.2, 0.25) is 0 Å². The summed E-state index contributed by atoms with van der Waals surface area (Å²) in [6.07, 6.45) is 6.66. The lowest BCUT2D eigenvalue weighted by Gasteiger charge is -2.21. The summed E-state index contributed by atoms with van der Waals surface area (Å²) in [5, 5.41) is 3.68. The molecule has 0 unspecified atom stereocenters. The van der Waals surface area contributed by atoms with Gasteiger partial charge in [0.1, 0.15) is 5.75 Å². The van der Waals surface area contributed by atoms with Gasteiger partial charge in [-0.3, -0.25) is 0 Å². The predicted molar refractivity (Wildman–Crippen MR) is 76.1 cm³/mol. The molecule has 1 aromatic carbocycles. The fourth-order valence-electron chi connectivity index (χ4n) is 2.55. The fraction of sp³-hybridized carbons (Fsp3) is 0.600. The van der Waals surface area contributed by atoms with Gasteiger partial charge in [0.2, 0.25) is 0 Å². The monoisotopic (exact) mass is 259 g/mol. The first-order chi connectivity index (χ1) is 9.29. The molecule has 0 saturated heterocycles. The van der Waals surface area contributed by atoms with E-state index in [4.69, 9.17) is 10.3 Å². The summed E-state index contributed by atoms with van der Waals surface area (Å²) in [4.78, 5) is 2.83. The Balaban J connectivity index is 1.85. The van der Waals surface area contributed by atoms with Crippen LogP contribution in [0.4, 0.5) is 0 Å². The minimum absolute atomic E-state index is 0.127. The Bertz CT molecular complexity index is 431. The molecule has 1 saturated carbocycles. The van der Waals surface area contributed by atoms with E-state index in [0.717, 1.165) is 23.8 Å². The van der Waals surface area contributed by atoms with Crippen LogP contribution in [0.5, 0.6) is 5.75 Å². The minimum atomic E-state index is -0.127. The Morgan fingerprint density at radius 2 is 1.95 bits per heavy atom. The molecule has 1 aliphatic rings. The second kappa shape index (κ2) is 7.05. The van der Waals surface area contributed by atoms with Gasteiger partial charge in [0.05, 0.1) is 12.6 Å².